The minimum atomic E-state index is -0.325. The Bertz CT molecular complexity index is 848. The first kappa shape index (κ1) is 18.0. The lowest BCUT2D eigenvalue weighted by atomic mass is 10.2. The zero-order chi connectivity index (χ0) is 18.4. The summed E-state index contributed by atoms with van der Waals surface area (Å²) in [5.41, 5.74) is 2.87. The number of anilines is 1. The maximum atomic E-state index is 11.8. The lowest BCUT2D eigenvalue weighted by Gasteiger charge is -2.11. The largest absolute Gasteiger partial charge is 0.460 e. The average Bonchev–Trinajstić information content (AvgIpc) is 3.14. The van der Waals surface area contributed by atoms with E-state index in [0.717, 1.165) is 28.6 Å². The number of carbonyl (C=O) groups is 1. The van der Waals surface area contributed by atoms with Crippen LogP contribution < -0.4 is 4.90 Å². The van der Waals surface area contributed by atoms with E-state index < -0.39 is 0 Å². The summed E-state index contributed by atoms with van der Waals surface area (Å²) in [6, 6.07) is 17.4. The molecule has 0 saturated carbocycles. The molecule has 134 valence electrons. The third-order valence-electron chi connectivity index (χ3n) is 3.59. The molecule has 0 N–H and O–H groups in total. The molecule has 0 saturated heterocycles. The molecule has 3 aromatic rings. The summed E-state index contributed by atoms with van der Waals surface area (Å²) in [5.74, 6) is 0.220. The number of nitrogens with zero attached hydrogens (tertiary/aromatic N) is 3. The number of hydrogen-bond donors (Lipinski definition) is 0. The van der Waals surface area contributed by atoms with Crippen molar-refractivity contribution in [2.45, 2.75) is 11.8 Å². The van der Waals surface area contributed by atoms with Crippen LogP contribution in [0.15, 0.2) is 64.2 Å². The van der Waals surface area contributed by atoms with E-state index in [1.165, 1.54) is 0 Å². The van der Waals surface area contributed by atoms with E-state index in [1.54, 1.807) is 0 Å². The summed E-state index contributed by atoms with van der Waals surface area (Å²) < 4.78 is 10.8. The lowest BCUT2D eigenvalue weighted by Crippen LogP contribution is -2.07. The number of ether oxygens (including phenoxy) is 1. The molecule has 0 atom stereocenters. The summed E-state index contributed by atoms with van der Waals surface area (Å²) in [6.07, 6.45) is 0. The van der Waals surface area contributed by atoms with Crippen molar-refractivity contribution >= 4 is 23.4 Å². The van der Waals surface area contributed by atoms with Crippen LogP contribution in [-0.4, -0.2) is 36.0 Å². The van der Waals surface area contributed by atoms with Crippen molar-refractivity contribution in [1.29, 1.82) is 0 Å². The fraction of sp³-hybridized carbons (Fsp3) is 0.211. The van der Waals surface area contributed by atoms with Crippen molar-refractivity contribution in [3.63, 3.8) is 0 Å². The molecule has 0 radical (unpaired) electrons. The third kappa shape index (κ3) is 4.86. The minimum Gasteiger partial charge on any atom is -0.460 e. The maximum absolute atomic E-state index is 11.8. The highest BCUT2D eigenvalue weighted by Crippen LogP contribution is 2.25. The standard InChI is InChI=1S/C19H19N3O3S/c1-22(2)16-10-8-15(9-11-16)18-20-21-19(25-18)26-13-17(23)24-12-14-6-4-3-5-7-14/h3-11H,12-13H2,1-2H3. The number of benzene rings is 2. The summed E-state index contributed by atoms with van der Waals surface area (Å²) in [7, 11) is 3.96. The quantitative estimate of drug-likeness (QED) is 0.465. The second kappa shape index (κ2) is 8.53. The van der Waals surface area contributed by atoms with Gasteiger partial charge in [-0.2, -0.15) is 0 Å². The van der Waals surface area contributed by atoms with Gasteiger partial charge in [0.1, 0.15) is 12.4 Å². The topological polar surface area (TPSA) is 68.5 Å². The Morgan fingerprint density at radius 3 is 2.50 bits per heavy atom. The summed E-state index contributed by atoms with van der Waals surface area (Å²) in [4.78, 5) is 13.8. The molecule has 0 spiro atoms. The molecule has 26 heavy (non-hydrogen) atoms. The second-order valence-corrected chi connectivity index (χ2v) is 6.68. The van der Waals surface area contributed by atoms with Crippen LogP contribution in [0.5, 0.6) is 0 Å². The van der Waals surface area contributed by atoms with Crippen molar-refractivity contribution < 1.29 is 13.9 Å². The van der Waals surface area contributed by atoms with Crippen molar-refractivity contribution in [1.82, 2.24) is 10.2 Å². The van der Waals surface area contributed by atoms with Gasteiger partial charge >= 0.3 is 5.97 Å². The van der Waals surface area contributed by atoms with E-state index in [2.05, 4.69) is 10.2 Å². The molecule has 2 aromatic carbocycles. The van der Waals surface area contributed by atoms with E-state index in [9.17, 15) is 4.79 Å². The Morgan fingerprint density at radius 1 is 1.08 bits per heavy atom. The highest BCUT2D eigenvalue weighted by atomic mass is 32.2. The van der Waals surface area contributed by atoms with Crippen molar-refractivity contribution in [3.05, 3.63) is 60.2 Å². The third-order valence-corrected chi connectivity index (χ3v) is 4.39. The van der Waals surface area contributed by atoms with Crippen LogP contribution in [0.2, 0.25) is 0 Å². The number of carbonyl (C=O) groups excluding carboxylic acids is 1. The molecule has 1 aromatic heterocycles. The first-order valence-electron chi connectivity index (χ1n) is 8.05. The molecular formula is C19H19N3O3S. The van der Waals surface area contributed by atoms with Gasteiger partial charge in [-0.05, 0) is 29.8 Å². The van der Waals surface area contributed by atoms with Crippen LogP contribution >= 0.6 is 11.8 Å². The Balaban J connectivity index is 1.51. The number of rotatable bonds is 7. The molecule has 6 nitrogen and oxygen atoms in total. The molecule has 0 aliphatic heterocycles. The number of esters is 1. The number of thioether (sulfide) groups is 1. The fourth-order valence-corrected chi connectivity index (χ4v) is 2.75. The predicted molar refractivity (Wildman–Crippen MR) is 101 cm³/mol. The van der Waals surface area contributed by atoms with E-state index in [1.807, 2.05) is 73.6 Å². The van der Waals surface area contributed by atoms with Gasteiger partial charge in [0.05, 0.1) is 0 Å². The van der Waals surface area contributed by atoms with Crippen LogP contribution in [0.3, 0.4) is 0 Å². The Labute approximate surface area is 156 Å². The van der Waals surface area contributed by atoms with Gasteiger partial charge in [-0.25, -0.2) is 0 Å². The second-order valence-electron chi connectivity index (χ2n) is 5.75. The molecule has 1 heterocycles. The van der Waals surface area contributed by atoms with Crippen molar-refractivity contribution in [3.8, 4) is 11.5 Å². The van der Waals surface area contributed by atoms with Gasteiger partial charge in [0.25, 0.3) is 5.22 Å². The normalized spacial score (nSPS) is 10.5. The zero-order valence-corrected chi connectivity index (χ0v) is 15.4. The molecule has 0 unspecified atom stereocenters. The van der Waals surface area contributed by atoms with Crippen molar-refractivity contribution in [2.75, 3.05) is 24.7 Å². The van der Waals surface area contributed by atoms with E-state index in [4.69, 9.17) is 9.15 Å². The zero-order valence-electron chi connectivity index (χ0n) is 14.6. The Hall–Kier alpha value is -2.80. The van der Waals surface area contributed by atoms with E-state index in [0.29, 0.717) is 11.1 Å². The summed E-state index contributed by atoms with van der Waals surface area (Å²) >= 11 is 1.16. The Morgan fingerprint density at radius 2 is 1.81 bits per heavy atom. The molecule has 0 bridgehead atoms. The van der Waals surface area contributed by atoms with E-state index >= 15 is 0 Å². The van der Waals surface area contributed by atoms with Gasteiger partial charge in [0.15, 0.2) is 0 Å². The van der Waals surface area contributed by atoms with Crippen LogP contribution in [0.4, 0.5) is 5.69 Å². The molecule has 0 amide bonds. The van der Waals surface area contributed by atoms with Gasteiger partial charge in [0, 0.05) is 25.3 Å². The average molecular weight is 369 g/mol. The van der Waals surface area contributed by atoms with Gasteiger partial charge in [-0.3, -0.25) is 4.79 Å². The Kier molecular flexibility index (Phi) is 5.91. The number of aromatic nitrogens is 2. The highest BCUT2D eigenvalue weighted by Gasteiger charge is 2.12. The minimum absolute atomic E-state index is 0.119. The molecular weight excluding hydrogens is 350 g/mol. The lowest BCUT2D eigenvalue weighted by molar-refractivity contribution is -0.141. The molecule has 0 fully saturated rings. The predicted octanol–water partition coefficient (Wildman–Crippen LogP) is 3.64. The molecule has 3 rings (SSSR count). The maximum Gasteiger partial charge on any atom is 0.316 e. The van der Waals surface area contributed by atoms with Crippen molar-refractivity contribution in [2.24, 2.45) is 0 Å². The summed E-state index contributed by atoms with van der Waals surface area (Å²) in [5, 5.41) is 8.34. The first-order valence-corrected chi connectivity index (χ1v) is 9.04. The molecule has 0 aliphatic carbocycles. The summed E-state index contributed by atoms with van der Waals surface area (Å²) in [6.45, 7) is 0.257. The smallest absolute Gasteiger partial charge is 0.316 e. The van der Waals surface area contributed by atoms with Crippen LogP contribution in [0.25, 0.3) is 11.5 Å². The van der Waals surface area contributed by atoms with Gasteiger partial charge in [-0.15, -0.1) is 10.2 Å². The van der Waals surface area contributed by atoms with Crippen LogP contribution in [0, 0.1) is 0 Å². The highest BCUT2D eigenvalue weighted by molar-refractivity contribution is 7.99. The first-order chi connectivity index (χ1) is 12.6. The van der Waals surface area contributed by atoms with Crippen LogP contribution in [-0.2, 0) is 16.1 Å². The fourth-order valence-electron chi connectivity index (χ4n) is 2.19. The van der Waals surface area contributed by atoms with Gasteiger partial charge in [-0.1, -0.05) is 42.1 Å². The number of hydrogen-bond acceptors (Lipinski definition) is 7. The molecule has 0 aliphatic rings. The van der Waals surface area contributed by atoms with E-state index in [-0.39, 0.29) is 18.3 Å². The van der Waals surface area contributed by atoms with Gasteiger partial charge < -0.3 is 14.1 Å². The SMILES string of the molecule is CN(C)c1ccc(-c2nnc(SCC(=O)OCc3ccccc3)o2)cc1. The molecule has 7 heteroatoms. The van der Waals surface area contributed by atoms with Crippen LogP contribution in [0.1, 0.15) is 5.56 Å². The monoisotopic (exact) mass is 369 g/mol. The van der Waals surface area contributed by atoms with Gasteiger partial charge in [0.2, 0.25) is 5.89 Å².